The van der Waals surface area contributed by atoms with Gasteiger partial charge in [-0.1, -0.05) is 18.2 Å². The maximum absolute atomic E-state index is 13.2. The fourth-order valence-corrected chi connectivity index (χ4v) is 3.67. The van der Waals surface area contributed by atoms with Gasteiger partial charge in [0, 0.05) is 28.8 Å². The minimum Gasteiger partial charge on any atom is -0.383 e. The number of rotatable bonds is 7. The summed E-state index contributed by atoms with van der Waals surface area (Å²) in [5, 5.41) is 5.90. The van der Waals surface area contributed by atoms with E-state index in [1.165, 1.54) is 6.33 Å². The average Bonchev–Trinajstić information content (AvgIpc) is 3.75. The Morgan fingerprint density at radius 2 is 1.52 bits per heavy atom. The number of anilines is 1. The number of imidazole rings is 1. The number of aromatic nitrogens is 2. The zero-order valence-corrected chi connectivity index (χ0v) is 18.3. The third kappa shape index (κ3) is 4.37. The molecule has 1 aromatic heterocycles. The number of ketones is 1. The first-order valence-corrected chi connectivity index (χ1v) is 11.1. The number of carbonyl (C=O) groups excluding carboxylic acids is 3. The highest BCUT2D eigenvalue weighted by Gasteiger charge is 2.26. The maximum Gasteiger partial charge on any atom is 0.251 e. The van der Waals surface area contributed by atoms with Gasteiger partial charge < -0.3 is 16.4 Å². The quantitative estimate of drug-likeness (QED) is 0.485. The first-order chi connectivity index (χ1) is 15.9. The number of hydrogen-bond acceptors (Lipinski definition) is 5. The molecule has 0 bridgehead atoms. The number of nitrogen functional groups attached to an aromatic ring is 1. The Hall–Kier alpha value is -3.94. The molecule has 2 aromatic carbocycles. The molecule has 2 saturated carbocycles. The van der Waals surface area contributed by atoms with Gasteiger partial charge in [-0.2, -0.15) is 0 Å². The van der Waals surface area contributed by atoms with E-state index in [9.17, 15) is 14.4 Å². The van der Waals surface area contributed by atoms with Gasteiger partial charge in [-0.05, 0) is 62.4 Å². The monoisotopic (exact) mass is 443 g/mol. The van der Waals surface area contributed by atoms with Gasteiger partial charge in [-0.25, -0.2) is 4.98 Å². The highest BCUT2D eigenvalue weighted by molar-refractivity contribution is 6.11. The molecule has 0 atom stereocenters. The van der Waals surface area contributed by atoms with E-state index in [2.05, 4.69) is 15.6 Å². The molecule has 0 spiro atoms. The molecule has 1 heterocycles. The van der Waals surface area contributed by atoms with Crippen LogP contribution in [0.4, 0.5) is 5.82 Å². The van der Waals surface area contributed by atoms with Crippen molar-refractivity contribution < 1.29 is 14.4 Å². The topological polar surface area (TPSA) is 119 Å². The van der Waals surface area contributed by atoms with Crippen LogP contribution < -0.4 is 16.4 Å². The number of nitrogens with zero attached hydrogens (tertiary/aromatic N) is 2. The zero-order valence-electron chi connectivity index (χ0n) is 18.3. The number of nitrogens with one attached hydrogen (secondary N) is 2. The number of benzene rings is 2. The van der Waals surface area contributed by atoms with Gasteiger partial charge in [-0.3, -0.25) is 19.0 Å². The zero-order chi connectivity index (χ0) is 23.1. The van der Waals surface area contributed by atoms with Crippen LogP contribution in [0.25, 0.3) is 5.69 Å². The molecule has 5 rings (SSSR count). The Balaban J connectivity index is 1.42. The van der Waals surface area contributed by atoms with E-state index in [4.69, 9.17) is 5.73 Å². The van der Waals surface area contributed by atoms with Crippen LogP contribution in [0.15, 0.2) is 48.8 Å². The fourth-order valence-electron chi connectivity index (χ4n) is 3.67. The van der Waals surface area contributed by atoms with E-state index in [-0.39, 0.29) is 41.2 Å². The number of aryl methyl sites for hydroxylation is 1. The van der Waals surface area contributed by atoms with Gasteiger partial charge >= 0.3 is 0 Å². The summed E-state index contributed by atoms with van der Waals surface area (Å²) >= 11 is 0. The molecule has 168 valence electrons. The molecule has 8 nitrogen and oxygen atoms in total. The van der Waals surface area contributed by atoms with Crippen molar-refractivity contribution in [1.82, 2.24) is 20.2 Å². The smallest absolute Gasteiger partial charge is 0.251 e. The normalized spacial score (nSPS) is 15.2. The fraction of sp³-hybridized carbons (Fsp3) is 0.280. The van der Waals surface area contributed by atoms with Crippen LogP contribution >= 0.6 is 0 Å². The van der Waals surface area contributed by atoms with E-state index in [1.807, 2.05) is 13.0 Å². The minimum atomic E-state index is -0.368. The molecule has 0 aliphatic heterocycles. The first-order valence-electron chi connectivity index (χ1n) is 11.1. The maximum atomic E-state index is 13.2. The number of hydrogen-bond donors (Lipinski definition) is 3. The van der Waals surface area contributed by atoms with Gasteiger partial charge in [0.15, 0.2) is 5.69 Å². The largest absolute Gasteiger partial charge is 0.383 e. The Labute approximate surface area is 191 Å². The summed E-state index contributed by atoms with van der Waals surface area (Å²) in [5.41, 5.74) is 9.29. The van der Waals surface area contributed by atoms with Crippen molar-refractivity contribution in [3.05, 3.63) is 76.7 Å². The number of nitrogens with two attached hydrogens (primary N) is 1. The van der Waals surface area contributed by atoms with Crippen LogP contribution in [-0.4, -0.2) is 39.2 Å². The molecular weight excluding hydrogens is 418 g/mol. The van der Waals surface area contributed by atoms with Crippen LogP contribution in [0.2, 0.25) is 0 Å². The molecule has 4 N–H and O–H groups in total. The molecule has 2 aliphatic carbocycles. The third-order valence-electron chi connectivity index (χ3n) is 5.96. The molecule has 8 heteroatoms. The second-order valence-electron chi connectivity index (χ2n) is 8.76. The molecule has 0 saturated heterocycles. The Kier molecular flexibility index (Phi) is 5.20. The number of amides is 2. The summed E-state index contributed by atoms with van der Waals surface area (Å²) in [5.74, 6) is -0.513. The molecular formula is C25H25N5O3. The van der Waals surface area contributed by atoms with Crippen molar-refractivity contribution in [3.8, 4) is 5.69 Å². The lowest BCUT2D eigenvalue weighted by atomic mass is 10.0. The third-order valence-corrected chi connectivity index (χ3v) is 5.96. The predicted molar refractivity (Wildman–Crippen MR) is 124 cm³/mol. The van der Waals surface area contributed by atoms with E-state index >= 15 is 0 Å². The van der Waals surface area contributed by atoms with Crippen molar-refractivity contribution in [3.63, 3.8) is 0 Å². The van der Waals surface area contributed by atoms with Crippen molar-refractivity contribution in [2.75, 3.05) is 5.73 Å². The summed E-state index contributed by atoms with van der Waals surface area (Å²) in [7, 11) is 0. The van der Waals surface area contributed by atoms with E-state index in [0.717, 1.165) is 31.2 Å². The standard InChI is InChI=1S/C25H25N5O3/c1-14-5-6-17(25(33)29-19-9-10-19)12-20(14)30-13-27-21(23(30)26)22(31)15-3-2-4-16(11-15)24(32)28-18-7-8-18/h2-6,11-13,18-19H,7-10,26H2,1H3,(H,28,32)(H,29,33). The summed E-state index contributed by atoms with van der Waals surface area (Å²) in [4.78, 5) is 42.3. The Morgan fingerprint density at radius 1 is 0.909 bits per heavy atom. The second-order valence-corrected chi connectivity index (χ2v) is 8.76. The Morgan fingerprint density at radius 3 is 2.15 bits per heavy atom. The SMILES string of the molecule is Cc1ccc(C(=O)NC2CC2)cc1-n1cnc(C(=O)c2cccc(C(=O)NC3CC3)c2)c1N. The molecule has 3 aromatic rings. The lowest BCUT2D eigenvalue weighted by molar-refractivity contribution is 0.0942. The first kappa shape index (κ1) is 20.9. The molecule has 2 amide bonds. The molecule has 33 heavy (non-hydrogen) atoms. The lowest BCUT2D eigenvalue weighted by Gasteiger charge is -2.12. The lowest BCUT2D eigenvalue weighted by Crippen LogP contribution is -2.25. The summed E-state index contributed by atoms with van der Waals surface area (Å²) in [6, 6.07) is 12.4. The van der Waals surface area contributed by atoms with Crippen molar-refractivity contribution in [2.45, 2.75) is 44.7 Å². The highest BCUT2D eigenvalue weighted by atomic mass is 16.2. The van der Waals surface area contributed by atoms with Crippen LogP contribution in [0, 0.1) is 6.92 Å². The van der Waals surface area contributed by atoms with E-state index in [1.54, 1.807) is 41.0 Å². The van der Waals surface area contributed by atoms with Gasteiger partial charge in [0.05, 0.1) is 5.69 Å². The van der Waals surface area contributed by atoms with Crippen LogP contribution in [-0.2, 0) is 0 Å². The van der Waals surface area contributed by atoms with Crippen LogP contribution in [0.5, 0.6) is 0 Å². The van der Waals surface area contributed by atoms with Crippen molar-refractivity contribution in [2.24, 2.45) is 0 Å². The second kappa shape index (κ2) is 8.20. The van der Waals surface area contributed by atoms with Crippen molar-refractivity contribution in [1.29, 1.82) is 0 Å². The van der Waals surface area contributed by atoms with Crippen LogP contribution in [0.3, 0.4) is 0 Å². The minimum absolute atomic E-state index is 0.0991. The van der Waals surface area contributed by atoms with Gasteiger partial charge in [0.2, 0.25) is 5.78 Å². The van der Waals surface area contributed by atoms with Gasteiger partial charge in [0.25, 0.3) is 11.8 Å². The van der Waals surface area contributed by atoms with Gasteiger partial charge in [-0.15, -0.1) is 0 Å². The van der Waals surface area contributed by atoms with Crippen LogP contribution in [0.1, 0.15) is 68.0 Å². The molecule has 2 fully saturated rings. The molecule has 0 radical (unpaired) electrons. The average molecular weight is 444 g/mol. The Bertz CT molecular complexity index is 1270. The number of carbonyl (C=O) groups is 3. The van der Waals surface area contributed by atoms with E-state index < -0.39 is 0 Å². The highest BCUT2D eigenvalue weighted by Crippen LogP contribution is 2.25. The van der Waals surface area contributed by atoms with Gasteiger partial charge in [0.1, 0.15) is 12.1 Å². The summed E-state index contributed by atoms with van der Waals surface area (Å²) in [6.07, 6.45) is 5.47. The van der Waals surface area contributed by atoms with E-state index in [0.29, 0.717) is 22.4 Å². The summed E-state index contributed by atoms with van der Waals surface area (Å²) in [6.45, 7) is 1.90. The predicted octanol–water partition coefficient (Wildman–Crippen LogP) is 2.78. The van der Waals surface area contributed by atoms with Crippen molar-refractivity contribution >= 4 is 23.4 Å². The molecule has 0 unspecified atom stereocenters. The summed E-state index contributed by atoms with van der Waals surface area (Å²) < 4.78 is 1.61. The molecule has 2 aliphatic rings.